The monoisotopic (exact) mass is 377 g/mol. The summed E-state index contributed by atoms with van der Waals surface area (Å²) in [6.45, 7) is 1.88. The van der Waals surface area contributed by atoms with E-state index in [2.05, 4.69) is 5.10 Å². The maximum absolute atomic E-state index is 11.8. The summed E-state index contributed by atoms with van der Waals surface area (Å²) in [5, 5.41) is 27.7. The molecule has 146 valence electrons. The molecule has 1 aromatic rings. The van der Waals surface area contributed by atoms with E-state index >= 15 is 0 Å². The Morgan fingerprint density at radius 2 is 1.52 bits per heavy atom. The highest BCUT2D eigenvalue weighted by Crippen LogP contribution is 2.60. The number of anilines is 1. The molecule has 0 radical (unpaired) electrons. The van der Waals surface area contributed by atoms with Gasteiger partial charge in [-0.1, -0.05) is 0 Å². The molecule has 0 atom stereocenters. The number of ether oxygens (including phenoxy) is 1. The van der Waals surface area contributed by atoms with Crippen LogP contribution in [-0.2, 0) is 10.3 Å². The van der Waals surface area contributed by atoms with Gasteiger partial charge in [0.15, 0.2) is 0 Å². The molecule has 1 aromatic heterocycles. The van der Waals surface area contributed by atoms with Gasteiger partial charge in [0.25, 0.3) is 0 Å². The minimum Gasteiger partial charge on any atom is -0.378 e. The second-order valence-corrected chi connectivity index (χ2v) is 8.66. The fourth-order valence-corrected chi connectivity index (χ4v) is 6.39. The quantitative estimate of drug-likeness (QED) is 0.584. The molecule has 2 heterocycles. The van der Waals surface area contributed by atoms with Crippen molar-refractivity contribution < 1.29 is 14.6 Å². The minimum absolute atomic E-state index is 0.317. The van der Waals surface area contributed by atoms with Crippen LogP contribution >= 0.6 is 0 Å². The molecule has 4 saturated carbocycles. The Bertz CT molecular complexity index is 765. The average Bonchev–Trinajstić information content (AvgIpc) is 3.03. The first kappa shape index (κ1) is 16.9. The van der Waals surface area contributed by atoms with Crippen LogP contribution in [0.4, 0.5) is 17.3 Å². The fourth-order valence-electron chi connectivity index (χ4n) is 6.39. The van der Waals surface area contributed by atoms with Crippen LogP contribution in [-0.4, -0.2) is 45.9 Å². The molecule has 5 aliphatic rings. The van der Waals surface area contributed by atoms with Crippen LogP contribution in [0.2, 0.25) is 0 Å². The number of aromatic nitrogens is 2. The highest BCUT2D eigenvalue weighted by molar-refractivity contribution is 5.68. The molecule has 0 spiro atoms. The summed E-state index contributed by atoms with van der Waals surface area (Å²) >= 11 is 0. The van der Waals surface area contributed by atoms with Crippen LogP contribution in [0.15, 0.2) is 0 Å². The third kappa shape index (κ3) is 2.53. The molecule has 0 aromatic carbocycles. The summed E-state index contributed by atoms with van der Waals surface area (Å²) < 4.78 is 7.10. The van der Waals surface area contributed by atoms with E-state index in [9.17, 15) is 20.2 Å². The van der Waals surface area contributed by atoms with Crippen molar-refractivity contribution in [3.63, 3.8) is 0 Å². The van der Waals surface area contributed by atoms with Crippen LogP contribution in [0.25, 0.3) is 0 Å². The van der Waals surface area contributed by atoms with Gasteiger partial charge in [0.1, 0.15) is 0 Å². The highest BCUT2D eigenvalue weighted by atomic mass is 16.6. The van der Waals surface area contributed by atoms with Crippen molar-refractivity contribution in [2.45, 2.75) is 44.1 Å². The van der Waals surface area contributed by atoms with Gasteiger partial charge in [-0.2, -0.15) is 0 Å². The Hall–Kier alpha value is -2.23. The molecule has 0 amide bonds. The maximum Gasteiger partial charge on any atom is 0.470 e. The Morgan fingerprint density at radius 3 is 2.00 bits per heavy atom. The second kappa shape index (κ2) is 5.88. The molecular weight excluding hydrogens is 354 g/mol. The molecule has 0 N–H and O–H groups in total. The molecule has 10 nitrogen and oxygen atoms in total. The second-order valence-electron chi connectivity index (χ2n) is 8.66. The predicted molar refractivity (Wildman–Crippen MR) is 94.7 cm³/mol. The molecule has 0 unspecified atom stereocenters. The molecular formula is C17H23N5O5. The van der Waals surface area contributed by atoms with Crippen molar-refractivity contribution in [1.82, 2.24) is 9.78 Å². The van der Waals surface area contributed by atoms with Gasteiger partial charge in [-0.3, -0.25) is 10.1 Å². The summed E-state index contributed by atoms with van der Waals surface area (Å²) in [6, 6.07) is 0. The van der Waals surface area contributed by atoms with E-state index in [1.54, 1.807) is 4.68 Å². The number of nitro groups is 2. The summed E-state index contributed by atoms with van der Waals surface area (Å²) in [4.78, 5) is 23.9. The van der Waals surface area contributed by atoms with Crippen molar-refractivity contribution in [2.75, 3.05) is 31.2 Å². The number of hydrogen-bond donors (Lipinski definition) is 0. The largest absolute Gasteiger partial charge is 0.470 e. The topological polar surface area (TPSA) is 117 Å². The zero-order chi connectivity index (χ0) is 18.8. The Balaban J connectivity index is 1.68. The molecule has 1 saturated heterocycles. The molecule has 4 bridgehead atoms. The van der Waals surface area contributed by atoms with E-state index in [4.69, 9.17) is 4.74 Å². The van der Waals surface area contributed by atoms with Crippen LogP contribution in [0.5, 0.6) is 0 Å². The SMILES string of the molecule is O=[N+]([O-])c1nn(C23CC4CC(CC(C4)C2)C3)c(N2CCOCC2)c1[N+](=O)[O-]. The van der Waals surface area contributed by atoms with Crippen molar-refractivity contribution in [3.05, 3.63) is 20.2 Å². The lowest BCUT2D eigenvalue weighted by Crippen LogP contribution is -2.53. The number of hydrogen-bond acceptors (Lipinski definition) is 7. The van der Waals surface area contributed by atoms with Gasteiger partial charge < -0.3 is 19.8 Å². The van der Waals surface area contributed by atoms with Gasteiger partial charge in [0.05, 0.1) is 28.8 Å². The summed E-state index contributed by atoms with van der Waals surface area (Å²) in [7, 11) is 0. The zero-order valence-electron chi connectivity index (χ0n) is 15.1. The van der Waals surface area contributed by atoms with E-state index in [1.165, 1.54) is 19.3 Å². The van der Waals surface area contributed by atoms with E-state index in [1.807, 2.05) is 4.90 Å². The van der Waals surface area contributed by atoms with Crippen LogP contribution < -0.4 is 4.90 Å². The van der Waals surface area contributed by atoms with Crippen LogP contribution in [0.3, 0.4) is 0 Å². The third-order valence-electron chi connectivity index (χ3n) is 6.94. The number of morpholine rings is 1. The van der Waals surface area contributed by atoms with Crippen molar-refractivity contribution in [3.8, 4) is 0 Å². The fraction of sp³-hybridized carbons (Fsp3) is 0.824. The lowest BCUT2D eigenvalue weighted by atomic mass is 9.53. The minimum atomic E-state index is -0.709. The zero-order valence-corrected chi connectivity index (χ0v) is 15.1. The Labute approximate surface area is 155 Å². The molecule has 5 fully saturated rings. The van der Waals surface area contributed by atoms with E-state index in [-0.39, 0.29) is 5.54 Å². The van der Waals surface area contributed by atoms with Crippen molar-refractivity contribution >= 4 is 17.3 Å². The molecule has 4 aliphatic carbocycles. The smallest absolute Gasteiger partial charge is 0.378 e. The lowest BCUT2D eigenvalue weighted by Gasteiger charge is -2.55. The Morgan fingerprint density at radius 1 is 0.963 bits per heavy atom. The van der Waals surface area contributed by atoms with Gasteiger partial charge >= 0.3 is 11.5 Å². The first-order valence-electron chi connectivity index (χ1n) is 9.72. The number of rotatable bonds is 4. The summed E-state index contributed by atoms with van der Waals surface area (Å²) in [5.41, 5.74) is -0.779. The normalized spacial score (nSPS) is 34.8. The van der Waals surface area contributed by atoms with Crippen molar-refractivity contribution in [2.24, 2.45) is 17.8 Å². The Kier molecular flexibility index (Phi) is 3.68. The van der Waals surface area contributed by atoms with Crippen molar-refractivity contribution in [1.29, 1.82) is 0 Å². The van der Waals surface area contributed by atoms with Gasteiger partial charge in [0.2, 0.25) is 5.82 Å². The van der Waals surface area contributed by atoms with E-state index < -0.39 is 21.4 Å². The van der Waals surface area contributed by atoms with Gasteiger partial charge in [-0.15, -0.1) is 4.68 Å². The molecule has 10 heteroatoms. The average molecular weight is 377 g/mol. The van der Waals surface area contributed by atoms with E-state index in [0.29, 0.717) is 49.9 Å². The maximum atomic E-state index is 11.8. The summed E-state index contributed by atoms with van der Waals surface area (Å²) in [6.07, 6.45) is 6.43. The number of nitrogens with zero attached hydrogens (tertiary/aromatic N) is 5. The third-order valence-corrected chi connectivity index (χ3v) is 6.94. The van der Waals surface area contributed by atoms with Crippen LogP contribution in [0.1, 0.15) is 38.5 Å². The highest BCUT2D eigenvalue weighted by Gasteiger charge is 2.57. The lowest BCUT2D eigenvalue weighted by molar-refractivity contribution is -0.424. The summed E-state index contributed by atoms with van der Waals surface area (Å²) in [5.74, 6) is 1.51. The van der Waals surface area contributed by atoms with Gasteiger partial charge in [0, 0.05) is 13.1 Å². The first-order valence-corrected chi connectivity index (χ1v) is 9.72. The predicted octanol–water partition coefficient (Wildman–Crippen LogP) is 2.46. The standard InChI is InChI=1S/C17H23N5O5/c23-21(24)14-15(22(25)26)18-20(16(14)19-1-3-27-4-2-19)17-8-11-5-12(9-17)7-13(6-11)10-17/h11-13H,1-10H2. The first-order chi connectivity index (χ1) is 13.0. The van der Waals surface area contributed by atoms with Gasteiger partial charge in [-0.25, -0.2) is 0 Å². The molecule has 27 heavy (non-hydrogen) atoms. The van der Waals surface area contributed by atoms with Gasteiger partial charge in [-0.05, 0) is 61.2 Å². The molecule has 6 rings (SSSR count). The van der Waals surface area contributed by atoms with E-state index in [0.717, 1.165) is 19.3 Å². The van der Waals surface area contributed by atoms with Crippen LogP contribution in [0, 0.1) is 38.0 Å². The molecule has 1 aliphatic heterocycles.